The standard InChI is InChI=1S/C4H6F4O4S.C4H8O3S.H2O/c5-3(6,1-2-9)4(7,8)13(10,11)12;5-8(6)4-2-1-3-7-8;/h9H,1-2H2,(H,10,11,12);1-4H2;1H2. The van der Waals surface area contributed by atoms with Gasteiger partial charge >= 0.3 is 21.3 Å². The Hall–Kier alpha value is -0.540. The molecule has 4 N–H and O–H groups in total. The van der Waals surface area contributed by atoms with Gasteiger partial charge in [-0.15, -0.1) is 0 Å². The van der Waals surface area contributed by atoms with Crippen LogP contribution in [0.4, 0.5) is 17.6 Å². The Kier molecular flexibility index (Phi) is 9.00. The largest absolute Gasteiger partial charge is 0.431 e. The highest BCUT2D eigenvalue weighted by molar-refractivity contribution is 7.87. The Morgan fingerprint density at radius 1 is 1.14 bits per heavy atom. The van der Waals surface area contributed by atoms with Gasteiger partial charge in [0.25, 0.3) is 10.1 Å². The fourth-order valence-corrected chi connectivity index (χ4v) is 2.63. The van der Waals surface area contributed by atoms with E-state index >= 15 is 0 Å². The first-order valence-corrected chi connectivity index (χ1v) is 8.49. The van der Waals surface area contributed by atoms with Crippen molar-refractivity contribution in [2.45, 2.75) is 30.4 Å². The van der Waals surface area contributed by atoms with E-state index in [0.29, 0.717) is 6.61 Å². The van der Waals surface area contributed by atoms with Crippen molar-refractivity contribution in [3.05, 3.63) is 0 Å². The molecule has 0 aliphatic carbocycles. The first-order valence-electron chi connectivity index (χ1n) is 5.47. The minimum Gasteiger partial charge on any atom is -0.412 e. The minimum atomic E-state index is -6.18. The third-order valence-electron chi connectivity index (χ3n) is 2.23. The van der Waals surface area contributed by atoms with E-state index in [0.717, 1.165) is 12.8 Å². The van der Waals surface area contributed by atoms with E-state index in [1.807, 2.05) is 0 Å². The summed E-state index contributed by atoms with van der Waals surface area (Å²) in [5.41, 5.74) is 0. The maximum atomic E-state index is 12.2. The number of hydrogen-bond donors (Lipinski definition) is 2. The lowest BCUT2D eigenvalue weighted by atomic mass is 10.2. The molecule has 1 fully saturated rings. The number of aliphatic hydroxyl groups is 1. The van der Waals surface area contributed by atoms with Gasteiger partial charge in [-0.1, -0.05) is 0 Å². The van der Waals surface area contributed by atoms with Gasteiger partial charge in [0.15, 0.2) is 0 Å². The summed E-state index contributed by atoms with van der Waals surface area (Å²) >= 11 is 0. The van der Waals surface area contributed by atoms with Crippen molar-refractivity contribution < 1.29 is 53.7 Å². The summed E-state index contributed by atoms with van der Waals surface area (Å²) in [6.45, 7) is -0.944. The summed E-state index contributed by atoms with van der Waals surface area (Å²) < 4.78 is 102. The van der Waals surface area contributed by atoms with Gasteiger partial charge < -0.3 is 10.6 Å². The van der Waals surface area contributed by atoms with Crippen LogP contribution in [0.2, 0.25) is 0 Å². The molecule has 1 aliphatic heterocycles. The van der Waals surface area contributed by atoms with Gasteiger partial charge in [-0.3, -0.25) is 8.74 Å². The van der Waals surface area contributed by atoms with E-state index < -0.39 is 44.4 Å². The molecule has 0 bridgehead atoms. The molecule has 0 aromatic heterocycles. The summed E-state index contributed by atoms with van der Waals surface area (Å²) in [6.07, 6.45) is -0.124. The zero-order chi connectivity index (χ0) is 16.9. The molecule has 1 aliphatic rings. The molecule has 0 amide bonds. The quantitative estimate of drug-likeness (QED) is 0.389. The van der Waals surface area contributed by atoms with Crippen molar-refractivity contribution >= 4 is 20.2 Å². The molecule has 8 nitrogen and oxygen atoms in total. The van der Waals surface area contributed by atoms with Crippen molar-refractivity contribution in [3.8, 4) is 0 Å². The highest BCUT2D eigenvalue weighted by Crippen LogP contribution is 2.40. The molecule has 0 radical (unpaired) electrons. The zero-order valence-corrected chi connectivity index (χ0v) is 12.6. The SMILES string of the molecule is O.O=S(=O)(O)C(F)(F)C(F)(F)CCO.O=S1(=O)CCCCO1. The smallest absolute Gasteiger partial charge is 0.412 e. The Bertz CT molecular complexity index is 518. The zero-order valence-electron chi connectivity index (χ0n) is 11.0. The number of rotatable bonds is 4. The molecule has 1 rings (SSSR count). The van der Waals surface area contributed by atoms with E-state index in [9.17, 15) is 34.4 Å². The summed E-state index contributed by atoms with van der Waals surface area (Å²) in [5, 5.41) is 2.36. The van der Waals surface area contributed by atoms with Gasteiger partial charge in [-0.2, -0.15) is 34.4 Å². The van der Waals surface area contributed by atoms with Crippen molar-refractivity contribution in [2.24, 2.45) is 0 Å². The molecule has 136 valence electrons. The van der Waals surface area contributed by atoms with E-state index in [-0.39, 0.29) is 11.2 Å². The lowest BCUT2D eigenvalue weighted by Gasteiger charge is -2.22. The third kappa shape index (κ3) is 6.70. The van der Waals surface area contributed by atoms with Crippen LogP contribution >= 0.6 is 0 Å². The summed E-state index contributed by atoms with van der Waals surface area (Å²) in [7, 11) is -9.26. The van der Waals surface area contributed by atoms with Crippen molar-refractivity contribution in [1.82, 2.24) is 0 Å². The highest BCUT2D eigenvalue weighted by atomic mass is 32.2. The molecule has 0 unspecified atom stereocenters. The molecule has 1 saturated heterocycles. The van der Waals surface area contributed by atoms with E-state index in [4.69, 9.17) is 9.66 Å². The van der Waals surface area contributed by atoms with Gasteiger partial charge in [0.05, 0.1) is 12.4 Å². The molecule has 14 heteroatoms. The van der Waals surface area contributed by atoms with Crippen molar-refractivity contribution in [1.29, 1.82) is 0 Å². The molecule has 0 aromatic rings. The number of hydrogen-bond acceptors (Lipinski definition) is 6. The second kappa shape index (κ2) is 8.35. The molecular formula is C8H16F4O8S2. The second-order valence-electron chi connectivity index (χ2n) is 3.96. The third-order valence-corrected chi connectivity index (χ3v) is 4.49. The van der Waals surface area contributed by atoms with Crippen LogP contribution < -0.4 is 0 Å². The van der Waals surface area contributed by atoms with Crippen LogP contribution in [0.25, 0.3) is 0 Å². The predicted octanol–water partition coefficient (Wildman–Crippen LogP) is -0.213. The minimum absolute atomic E-state index is 0. The maximum absolute atomic E-state index is 12.2. The van der Waals surface area contributed by atoms with Crippen LogP contribution in [0.3, 0.4) is 0 Å². The van der Waals surface area contributed by atoms with Gasteiger partial charge in [0.2, 0.25) is 0 Å². The summed E-state index contributed by atoms with van der Waals surface area (Å²) in [5.74, 6) is -4.79. The monoisotopic (exact) mass is 380 g/mol. The van der Waals surface area contributed by atoms with E-state index in [2.05, 4.69) is 4.18 Å². The normalized spacial score (nSPS) is 18.6. The average Bonchev–Trinajstić information content (AvgIpc) is 2.27. The molecule has 1 heterocycles. The van der Waals surface area contributed by atoms with Crippen LogP contribution in [0.1, 0.15) is 19.3 Å². The average molecular weight is 380 g/mol. The van der Waals surface area contributed by atoms with Gasteiger partial charge in [-0.25, -0.2) is 0 Å². The van der Waals surface area contributed by atoms with Crippen LogP contribution in [0.15, 0.2) is 0 Å². The lowest BCUT2D eigenvalue weighted by Crippen LogP contribution is -2.47. The fraction of sp³-hybridized carbons (Fsp3) is 1.00. The molecular weight excluding hydrogens is 364 g/mol. The molecule has 0 spiro atoms. The van der Waals surface area contributed by atoms with Gasteiger partial charge in [-0.05, 0) is 12.8 Å². The second-order valence-corrected chi connectivity index (χ2v) is 7.18. The first-order chi connectivity index (χ1) is 9.27. The Labute approximate surface area is 124 Å². The lowest BCUT2D eigenvalue weighted by molar-refractivity contribution is -0.168. The number of aliphatic hydroxyl groups excluding tert-OH is 1. The molecule has 0 atom stereocenters. The number of halogens is 4. The van der Waals surface area contributed by atoms with E-state index in [1.165, 1.54) is 0 Å². The highest BCUT2D eigenvalue weighted by Gasteiger charge is 2.64. The van der Waals surface area contributed by atoms with Gasteiger partial charge in [0, 0.05) is 13.0 Å². The maximum Gasteiger partial charge on any atom is 0.431 e. The summed E-state index contributed by atoms with van der Waals surface area (Å²) in [6, 6.07) is 0. The fourth-order valence-electron chi connectivity index (χ4n) is 1.10. The van der Waals surface area contributed by atoms with Crippen LogP contribution in [0.5, 0.6) is 0 Å². The van der Waals surface area contributed by atoms with Crippen molar-refractivity contribution in [2.75, 3.05) is 19.0 Å². The molecule has 0 saturated carbocycles. The Morgan fingerprint density at radius 2 is 1.64 bits per heavy atom. The Morgan fingerprint density at radius 3 is 1.86 bits per heavy atom. The summed E-state index contributed by atoms with van der Waals surface area (Å²) in [4.78, 5) is 0. The van der Waals surface area contributed by atoms with E-state index in [1.54, 1.807) is 0 Å². The predicted molar refractivity (Wildman–Crippen MR) is 65.7 cm³/mol. The van der Waals surface area contributed by atoms with Gasteiger partial charge in [0.1, 0.15) is 0 Å². The van der Waals surface area contributed by atoms with Crippen LogP contribution in [0, 0.1) is 0 Å². The Balaban J connectivity index is 0. The number of alkyl halides is 4. The molecule has 0 aromatic carbocycles. The van der Waals surface area contributed by atoms with Crippen molar-refractivity contribution in [3.63, 3.8) is 0 Å². The first kappa shape index (κ1) is 23.7. The van der Waals surface area contributed by atoms with Crippen LogP contribution in [-0.2, 0) is 24.4 Å². The topological polar surface area (TPSA) is 149 Å². The van der Waals surface area contributed by atoms with Crippen LogP contribution in [-0.4, -0.2) is 62.1 Å². The molecule has 22 heavy (non-hydrogen) atoms.